The Morgan fingerprint density at radius 1 is 0.875 bits per heavy atom. The van der Waals surface area contributed by atoms with Crippen molar-refractivity contribution in [1.29, 1.82) is 0 Å². The van der Waals surface area contributed by atoms with Gasteiger partial charge in [0, 0.05) is 0 Å². The van der Waals surface area contributed by atoms with Crippen LogP contribution in [0.15, 0.2) is 0 Å². The van der Waals surface area contributed by atoms with Crippen molar-refractivity contribution >= 4 is 29.4 Å². The van der Waals surface area contributed by atoms with Gasteiger partial charge in [-0.25, -0.2) is 0 Å². The maximum absolute atomic E-state index is 12.3. The van der Waals surface area contributed by atoms with Gasteiger partial charge in [0.15, 0.2) is 23.6 Å². The number of ketones is 4. The van der Waals surface area contributed by atoms with Crippen molar-refractivity contribution < 1.29 is 49.5 Å². The third kappa shape index (κ3) is 2.82. The number of aldehydes is 1. The minimum atomic E-state index is -3.92. The van der Waals surface area contributed by atoms with Gasteiger partial charge in [-0.15, -0.1) is 0 Å². The highest BCUT2D eigenvalue weighted by molar-refractivity contribution is 6.21. The molecule has 0 aromatic rings. The molecule has 0 rings (SSSR count). The van der Waals surface area contributed by atoms with Crippen LogP contribution in [0.3, 0.4) is 0 Å². The number of hydrogen-bond donors (Lipinski definition) is 5. The third-order valence-electron chi connectivity index (χ3n) is 3.88. The van der Waals surface area contributed by atoms with Crippen molar-refractivity contribution in [2.24, 2.45) is 0 Å². The summed E-state index contributed by atoms with van der Waals surface area (Å²) in [6.45, 7) is 2.49. The zero-order chi connectivity index (χ0) is 19.7. The number of carbonyl (C=O) groups excluding carboxylic acids is 5. The van der Waals surface area contributed by atoms with Crippen LogP contribution in [0.2, 0.25) is 0 Å². The zero-order valence-corrected chi connectivity index (χ0v) is 13.5. The Hall–Kier alpha value is -1.85. The summed E-state index contributed by atoms with van der Waals surface area (Å²) in [4.78, 5) is 58.8. The lowest BCUT2D eigenvalue weighted by atomic mass is 9.63. The second-order valence-electron chi connectivity index (χ2n) is 5.52. The molecule has 0 fully saturated rings. The average Bonchev–Trinajstić information content (AvgIpc) is 2.49. The van der Waals surface area contributed by atoms with Crippen LogP contribution < -0.4 is 0 Å². The molecule has 0 bridgehead atoms. The minimum absolute atomic E-state index is 0.507. The first-order chi connectivity index (χ1) is 10.7. The smallest absolute Gasteiger partial charge is 0.223 e. The Kier molecular flexibility index (Phi) is 6.41. The van der Waals surface area contributed by atoms with E-state index in [0.29, 0.717) is 20.8 Å². The van der Waals surface area contributed by atoms with Gasteiger partial charge in [0.25, 0.3) is 0 Å². The molecule has 0 heterocycles. The van der Waals surface area contributed by atoms with Crippen LogP contribution in [0, 0.1) is 0 Å². The van der Waals surface area contributed by atoms with Crippen molar-refractivity contribution in [3.05, 3.63) is 0 Å². The van der Waals surface area contributed by atoms with Gasteiger partial charge in [0.2, 0.25) is 22.6 Å². The number of aliphatic hydroxyl groups excluding tert-OH is 2. The summed E-state index contributed by atoms with van der Waals surface area (Å²) in [7, 11) is 0. The van der Waals surface area contributed by atoms with Crippen LogP contribution >= 0.6 is 0 Å². The van der Waals surface area contributed by atoms with E-state index in [9.17, 15) is 49.5 Å². The van der Waals surface area contributed by atoms with Crippen LogP contribution in [0.5, 0.6) is 0 Å². The molecule has 0 radical (unpaired) electrons. The van der Waals surface area contributed by atoms with Crippen molar-refractivity contribution in [2.75, 3.05) is 0 Å². The van der Waals surface area contributed by atoms with E-state index in [1.807, 2.05) is 0 Å². The second kappa shape index (κ2) is 6.95. The molecule has 24 heavy (non-hydrogen) atoms. The molecule has 0 amide bonds. The van der Waals surface area contributed by atoms with E-state index < -0.39 is 58.4 Å². The highest BCUT2D eigenvalue weighted by atomic mass is 16.4. The van der Waals surface area contributed by atoms with Crippen molar-refractivity contribution in [2.45, 2.75) is 56.7 Å². The Balaban J connectivity index is 6.90. The molecule has 0 aromatic heterocycles. The Morgan fingerprint density at radius 2 is 1.29 bits per heavy atom. The van der Waals surface area contributed by atoms with Crippen molar-refractivity contribution in [3.63, 3.8) is 0 Å². The number of hydrogen-bond acceptors (Lipinski definition) is 10. The molecule has 0 saturated carbocycles. The first-order valence-corrected chi connectivity index (χ1v) is 6.73. The molecule has 136 valence electrons. The van der Waals surface area contributed by atoms with Crippen LogP contribution in [-0.2, 0) is 24.0 Å². The molecule has 0 saturated heterocycles. The molecule has 10 heteroatoms. The lowest BCUT2D eigenvalue weighted by Gasteiger charge is -2.45. The van der Waals surface area contributed by atoms with E-state index in [4.69, 9.17) is 0 Å². The molecule has 0 aliphatic rings. The fourth-order valence-electron chi connectivity index (χ4n) is 2.26. The number of rotatable bonds is 9. The summed E-state index contributed by atoms with van der Waals surface area (Å²) in [5.74, 6) is -6.83. The number of carbonyl (C=O) groups is 5. The summed E-state index contributed by atoms with van der Waals surface area (Å²) in [6, 6.07) is 0. The van der Waals surface area contributed by atoms with Gasteiger partial charge >= 0.3 is 0 Å². The number of aliphatic hydroxyl groups is 5. The quantitative estimate of drug-likeness (QED) is 0.206. The number of Topliss-reactive ketones (excluding diaryl/α,β-unsaturated/α-hetero) is 4. The monoisotopic (exact) mass is 348 g/mol. The van der Waals surface area contributed by atoms with Crippen LogP contribution in [-0.4, -0.2) is 84.0 Å². The maximum Gasteiger partial charge on any atom is 0.223 e. The van der Waals surface area contributed by atoms with Crippen molar-refractivity contribution in [1.82, 2.24) is 0 Å². The lowest BCUT2D eigenvalue weighted by molar-refractivity contribution is -0.223. The fraction of sp³-hybridized carbons (Fsp3) is 0.643. The van der Waals surface area contributed by atoms with Crippen LogP contribution in [0.25, 0.3) is 0 Å². The fourth-order valence-corrected chi connectivity index (χ4v) is 2.26. The van der Waals surface area contributed by atoms with Gasteiger partial charge in [0.05, 0.1) is 6.10 Å². The molecule has 0 spiro atoms. The Morgan fingerprint density at radius 3 is 1.50 bits per heavy atom. The van der Waals surface area contributed by atoms with Crippen LogP contribution in [0.4, 0.5) is 0 Å². The molecule has 0 aliphatic heterocycles. The van der Waals surface area contributed by atoms with Gasteiger partial charge in [-0.3, -0.25) is 24.0 Å². The first kappa shape index (κ1) is 22.1. The highest BCUT2D eigenvalue weighted by Crippen LogP contribution is 2.37. The minimum Gasteiger partial charge on any atom is -0.390 e. The van der Waals surface area contributed by atoms with E-state index in [2.05, 4.69) is 0 Å². The third-order valence-corrected chi connectivity index (χ3v) is 3.88. The summed E-state index contributed by atoms with van der Waals surface area (Å²) >= 11 is 0. The maximum atomic E-state index is 12.3. The standard InChI is InChI=1S/C14H20O10/c1-6(16)10(20)11(21)13(23,8(3)18)14(24,9(4)19)12(22,5-15)7(2)17/h5-6,10,16,20,22-24H,1-4H3/t6?,10?,12-,13-,14-/m1/s1. The highest BCUT2D eigenvalue weighted by Gasteiger charge is 2.73. The largest absolute Gasteiger partial charge is 0.390 e. The van der Waals surface area contributed by atoms with Gasteiger partial charge in [-0.2, -0.15) is 0 Å². The molecule has 10 nitrogen and oxygen atoms in total. The van der Waals surface area contributed by atoms with E-state index in [1.165, 1.54) is 0 Å². The van der Waals surface area contributed by atoms with Gasteiger partial charge in [-0.05, 0) is 27.7 Å². The van der Waals surface area contributed by atoms with Gasteiger partial charge in [-0.1, -0.05) is 0 Å². The SMILES string of the molecule is CC(=O)[C@@](O)(C(=O)C(O)C(C)O)[C@@](O)(C(C)=O)[C@@](O)(C=O)C(C)=O. The Bertz CT molecular complexity index is 582. The lowest BCUT2D eigenvalue weighted by Crippen LogP contribution is -2.80. The molecule has 5 atom stereocenters. The first-order valence-electron chi connectivity index (χ1n) is 6.73. The second-order valence-corrected chi connectivity index (χ2v) is 5.52. The molecule has 0 aromatic carbocycles. The normalized spacial score (nSPS) is 21.4. The predicted octanol–water partition coefficient (Wildman–Crippen LogP) is -3.54. The van der Waals surface area contributed by atoms with Gasteiger partial charge < -0.3 is 25.5 Å². The van der Waals surface area contributed by atoms with E-state index in [1.54, 1.807) is 0 Å². The molecule has 2 unspecified atom stereocenters. The van der Waals surface area contributed by atoms with E-state index >= 15 is 0 Å². The summed E-state index contributed by atoms with van der Waals surface area (Å²) in [5.41, 5.74) is -11.5. The van der Waals surface area contributed by atoms with E-state index in [0.717, 1.165) is 6.92 Å². The molecular weight excluding hydrogens is 328 g/mol. The average molecular weight is 348 g/mol. The summed E-state index contributed by atoms with van der Waals surface area (Å²) in [6.07, 6.45) is -4.92. The van der Waals surface area contributed by atoms with Crippen LogP contribution in [0.1, 0.15) is 27.7 Å². The molecular formula is C14H20O10. The summed E-state index contributed by atoms with van der Waals surface area (Å²) in [5, 5.41) is 50.0. The molecule has 5 N–H and O–H groups in total. The van der Waals surface area contributed by atoms with Crippen molar-refractivity contribution in [3.8, 4) is 0 Å². The topological polar surface area (TPSA) is 186 Å². The van der Waals surface area contributed by atoms with E-state index in [-0.39, 0.29) is 0 Å². The summed E-state index contributed by atoms with van der Waals surface area (Å²) < 4.78 is 0. The zero-order valence-electron chi connectivity index (χ0n) is 13.5. The van der Waals surface area contributed by atoms with Gasteiger partial charge in [0.1, 0.15) is 6.10 Å². The molecule has 0 aliphatic carbocycles. The Labute approximate surface area is 136 Å². The predicted molar refractivity (Wildman–Crippen MR) is 75.7 cm³/mol.